The SMILES string of the molecule is Cc1ccc(C#Cc2nc3cscc3nc2OCCN2CCCC2)cc1. The van der Waals surface area contributed by atoms with E-state index in [1.807, 2.05) is 22.9 Å². The number of ether oxygens (including phenoxy) is 1. The molecule has 0 bridgehead atoms. The molecule has 1 fully saturated rings. The second-order valence-corrected chi connectivity index (χ2v) is 7.28. The van der Waals surface area contributed by atoms with Crippen LogP contribution in [0.2, 0.25) is 0 Å². The molecule has 1 aliphatic heterocycles. The van der Waals surface area contributed by atoms with Gasteiger partial charge in [0.25, 0.3) is 0 Å². The van der Waals surface area contributed by atoms with Gasteiger partial charge in [0.1, 0.15) is 17.6 Å². The van der Waals surface area contributed by atoms with Crippen LogP contribution in [0.5, 0.6) is 5.88 Å². The van der Waals surface area contributed by atoms with Gasteiger partial charge in [-0.1, -0.05) is 23.6 Å². The summed E-state index contributed by atoms with van der Waals surface area (Å²) in [6.45, 7) is 5.94. The van der Waals surface area contributed by atoms with Crippen molar-refractivity contribution in [3.05, 3.63) is 51.8 Å². The van der Waals surface area contributed by atoms with Crippen molar-refractivity contribution in [1.82, 2.24) is 14.9 Å². The first-order chi connectivity index (χ1) is 12.8. The lowest BCUT2D eigenvalue weighted by molar-refractivity contribution is 0.231. The van der Waals surface area contributed by atoms with E-state index in [1.54, 1.807) is 11.3 Å². The third kappa shape index (κ3) is 4.04. The number of thiophene rings is 1. The van der Waals surface area contributed by atoms with E-state index < -0.39 is 0 Å². The fourth-order valence-electron chi connectivity index (χ4n) is 3.01. The molecule has 1 aliphatic rings. The molecule has 0 unspecified atom stereocenters. The molecule has 4 rings (SSSR count). The maximum absolute atomic E-state index is 5.97. The van der Waals surface area contributed by atoms with Crippen LogP contribution in [-0.2, 0) is 0 Å². The van der Waals surface area contributed by atoms with E-state index in [-0.39, 0.29) is 0 Å². The van der Waals surface area contributed by atoms with Gasteiger partial charge in [0.15, 0.2) is 5.69 Å². The number of aromatic nitrogens is 2. The minimum Gasteiger partial charge on any atom is -0.474 e. The highest BCUT2D eigenvalue weighted by molar-refractivity contribution is 7.09. The highest BCUT2D eigenvalue weighted by Crippen LogP contribution is 2.21. The molecule has 0 N–H and O–H groups in total. The highest BCUT2D eigenvalue weighted by Gasteiger charge is 2.13. The van der Waals surface area contributed by atoms with E-state index in [0.29, 0.717) is 18.2 Å². The molecule has 4 nitrogen and oxygen atoms in total. The largest absolute Gasteiger partial charge is 0.474 e. The Hall–Kier alpha value is -2.42. The predicted molar refractivity (Wildman–Crippen MR) is 106 cm³/mol. The number of hydrogen-bond acceptors (Lipinski definition) is 5. The van der Waals surface area contributed by atoms with Crippen LogP contribution in [0.4, 0.5) is 0 Å². The van der Waals surface area contributed by atoms with Crippen molar-refractivity contribution >= 4 is 22.4 Å². The Morgan fingerprint density at radius 1 is 1.04 bits per heavy atom. The molecule has 1 saturated heterocycles. The Kier molecular flexibility index (Phi) is 5.14. The molecule has 0 atom stereocenters. The van der Waals surface area contributed by atoms with E-state index in [2.05, 4.69) is 45.8 Å². The summed E-state index contributed by atoms with van der Waals surface area (Å²) in [6.07, 6.45) is 2.57. The van der Waals surface area contributed by atoms with E-state index in [1.165, 1.54) is 31.5 Å². The number of rotatable bonds is 4. The van der Waals surface area contributed by atoms with Crippen molar-refractivity contribution in [2.45, 2.75) is 19.8 Å². The molecule has 3 heterocycles. The quantitative estimate of drug-likeness (QED) is 0.660. The van der Waals surface area contributed by atoms with E-state index >= 15 is 0 Å². The molecule has 2 aromatic heterocycles. The van der Waals surface area contributed by atoms with Crippen LogP contribution < -0.4 is 4.74 Å². The lowest BCUT2D eigenvalue weighted by Crippen LogP contribution is -2.25. The molecule has 3 aromatic rings. The van der Waals surface area contributed by atoms with Crippen LogP contribution >= 0.6 is 11.3 Å². The average molecular weight is 363 g/mol. The summed E-state index contributed by atoms with van der Waals surface area (Å²) >= 11 is 1.59. The monoisotopic (exact) mass is 363 g/mol. The fraction of sp³-hybridized carbons (Fsp3) is 0.333. The van der Waals surface area contributed by atoms with Crippen molar-refractivity contribution in [1.29, 1.82) is 0 Å². The van der Waals surface area contributed by atoms with Crippen LogP contribution in [0, 0.1) is 18.8 Å². The zero-order chi connectivity index (χ0) is 17.8. The maximum atomic E-state index is 5.97. The minimum absolute atomic E-state index is 0.537. The Balaban J connectivity index is 1.56. The maximum Gasteiger partial charge on any atom is 0.249 e. The second kappa shape index (κ2) is 7.86. The molecule has 0 aliphatic carbocycles. The normalized spacial score (nSPS) is 14.3. The summed E-state index contributed by atoms with van der Waals surface area (Å²) in [6, 6.07) is 8.16. The number of aryl methyl sites for hydroxylation is 1. The molecule has 0 amide bonds. The predicted octanol–water partition coefficient (Wildman–Crippen LogP) is 3.87. The van der Waals surface area contributed by atoms with Gasteiger partial charge < -0.3 is 4.74 Å². The summed E-state index contributed by atoms with van der Waals surface area (Å²) in [7, 11) is 0. The highest BCUT2D eigenvalue weighted by atomic mass is 32.1. The summed E-state index contributed by atoms with van der Waals surface area (Å²) in [4.78, 5) is 11.7. The zero-order valence-corrected chi connectivity index (χ0v) is 15.7. The number of likely N-dealkylation sites (tertiary alicyclic amines) is 1. The van der Waals surface area contributed by atoms with Gasteiger partial charge in [0, 0.05) is 22.9 Å². The van der Waals surface area contributed by atoms with Gasteiger partial charge in [-0.3, -0.25) is 4.90 Å². The number of fused-ring (bicyclic) bond motifs is 1. The lowest BCUT2D eigenvalue weighted by Gasteiger charge is -2.14. The Labute approximate surface area is 157 Å². The topological polar surface area (TPSA) is 38.3 Å². The number of hydrogen-bond donors (Lipinski definition) is 0. The van der Waals surface area contributed by atoms with Gasteiger partial charge in [-0.05, 0) is 50.9 Å². The zero-order valence-electron chi connectivity index (χ0n) is 14.9. The van der Waals surface area contributed by atoms with Crippen LogP contribution in [0.15, 0.2) is 35.0 Å². The third-order valence-corrected chi connectivity index (χ3v) is 5.22. The molecule has 0 radical (unpaired) electrons. The number of benzene rings is 1. The van der Waals surface area contributed by atoms with E-state index in [4.69, 9.17) is 4.74 Å². The minimum atomic E-state index is 0.537. The summed E-state index contributed by atoms with van der Waals surface area (Å²) in [5.74, 6) is 6.87. The summed E-state index contributed by atoms with van der Waals surface area (Å²) in [5, 5.41) is 3.99. The first kappa shape index (κ1) is 17.0. The Morgan fingerprint density at radius 3 is 2.54 bits per heavy atom. The first-order valence-electron chi connectivity index (χ1n) is 8.96. The van der Waals surface area contributed by atoms with Gasteiger partial charge in [0.05, 0.1) is 0 Å². The molecule has 132 valence electrons. The van der Waals surface area contributed by atoms with Gasteiger partial charge in [-0.15, -0.1) is 11.3 Å². The summed E-state index contributed by atoms with van der Waals surface area (Å²) < 4.78 is 5.97. The van der Waals surface area contributed by atoms with Gasteiger partial charge in [-0.2, -0.15) is 0 Å². The fourth-order valence-corrected chi connectivity index (χ4v) is 3.68. The Bertz CT molecular complexity index is 947. The van der Waals surface area contributed by atoms with E-state index in [9.17, 15) is 0 Å². The smallest absolute Gasteiger partial charge is 0.249 e. The molecular weight excluding hydrogens is 342 g/mol. The average Bonchev–Trinajstić information content (AvgIpc) is 3.32. The van der Waals surface area contributed by atoms with E-state index in [0.717, 1.165) is 23.1 Å². The van der Waals surface area contributed by atoms with Crippen molar-refractivity contribution in [3.63, 3.8) is 0 Å². The number of nitrogens with zero attached hydrogens (tertiary/aromatic N) is 3. The lowest BCUT2D eigenvalue weighted by atomic mass is 10.1. The van der Waals surface area contributed by atoms with Crippen LogP contribution in [0.1, 0.15) is 29.7 Å². The van der Waals surface area contributed by atoms with Crippen LogP contribution in [-0.4, -0.2) is 41.1 Å². The summed E-state index contributed by atoms with van der Waals surface area (Å²) in [5.41, 5.74) is 4.53. The van der Waals surface area contributed by atoms with Crippen LogP contribution in [0.25, 0.3) is 11.0 Å². The second-order valence-electron chi connectivity index (χ2n) is 6.53. The first-order valence-corrected chi connectivity index (χ1v) is 9.90. The van der Waals surface area contributed by atoms with Gasteiger partial charge >= 0.3 is 0 Å². The van der Waals surface area contributed by atoms with Gasteiger partial charge in [-0.25, -0.2) is 9.97 Å². The van der Waals surface area contributed by atoms with Crippen LogP contribution in [0.3, 0.4) is 0 Å². The molecule has 0 spiro atoms. The molecule has 1 aromatic carbocycles. The molecular formula is C21H21N3OS. The Morgan fingerprint density at radius 2 is 1.77 bits per heavy atom. The van der Waals surface area contributed by atoms with Crippen molar-refractivity contribution in [2.75, 3.05) is 26.2 Å². The van der Waals surface area contributed by atoms with Gasteiger partial charge in [0.2, 0.25) is 5.88 Å². The van der Waals surface area contributed by atoms with Crippen molar-refractivity contribution in [3.8, 4) is 17.7 Å². The van der Waals surface area contributed by atoms with Crippen molar-refractivity contribution < 1.29 is 4.74 Å². The van der Waals surface area contributed by atoms with Crippen molar-refractivity contribution in [2.24, 2.45) is 0 Å². The standard InChI is InChI=1S/C21H21N3OS/c1-16-4-6-17(7-5-16)8-9-18-21(23-20-15-26-14-19(20)22-18)25-13-12-24-10-2-3-11-24/h4-7,14-15H,2-3,10-13H2,1H3. The molecule has 5 heteroatoms. The molecule has 26 heavy (non-hydrogen) atoms. The third-order valence-electron chi connectivity index (χ3n) is 4.50. The molecule has 0 saturated carbocycles.